The Morgan fingerprint density at radius 2 is 1.84 bits per heavy atom. The number of aliphatic carboxylic acids is 1. The molecular formula is C13H18N2O4. The van der Waals surface area contributed by atoms with Crippen molar-refractivity contribution >= 4 is 12.0 Å². The molecule has 6 heteroatoms. The van der Waals surface area contributed by atoms with E-state index in [-0.39, 0.29) is 19.1 Å². The predicted molar refractivity (Wildman–Crippen MR) is 69.7 cm³/mol. The molecule has 0 aromatic heterocycles. The van der Waals surface area contributed by atoms with E-state index in [1.165, 1.54) is 0 Å². The van der Waals surface area contributed by atoms with Gasteiger partial charge in [0.1, 0.15) is 6.04 Å². The van der Waals surface area contributed by atoms with E-state index in [2.05, 4.69) is 10.6 Å². The Labute approximate surface area is 111 Å². The van der Waals surface area contributed by atoms with Gasteiger partial charge in [0.05, 0.1) is 6.04 Å². The standard InChI is InChI=1S/C13H18N2O4/c1-9(10-5-3-2-4-6-10)14-13(19)15-11(7-8-16)12(17)18/h2-6,9,11,16H,7-8H2,1H3,(H,17,18)(H2,14,15,19)/t9?,11-/m1/s1. The smallest absolute Gasteiger partial charge is 0.326 e. The van der Waals surface area contributed by atoms with Crippen LogP contribution in [0.5, 0.6) is 0 Å². The Balaban J connectivity index is 2.52. The molecule has 0 radical (unpaired) electrons. The molecular weight excluding hydrogens is 248 g/mol. The second-order valence-electron chi connectivity index (χ2n) is 4.15. The summed E-state index contributed by atoms with van der Waals surface area (Å²) in [6.07, 6.45) is -0.0253. The minimum absolute atomic E-state index is 0.0253. The summed E-state index contributed by atoms with van der Waals surface area (Å²) in [5.41, 5.74) is 0.923. The van der Waals surface area contributed by atoms with Gasteiger partial charge in [-0.1, -0.05) is 30.3 Å². The monoisotopic (exact) mass is 266 g/mol. The fourth-order valence-corrected chi connectivity index (χ4v) is 1.61. The van der Waals surface area contributed by atoms with E-state index in [9.17, 15) is 9.59 Å². The van der Waals surface area contributed by atoms with Crippen LogP contribution in [-0.2, 0) is 4.79 Å². The molecule has 1 aromatic carbocycles. The van der Waals surface area contributed by atoms with Crippen molar-refractivity contribution in [3.8, 4) is 0 Å². The van der Waals surface area contributed by atoms with Crippen molar-refractivity contribution in [2.75, 3.05) is 6.61 Å². The number of carbonyl (C=O) groups excluding carboxylic acids is 1. The number of hydrogen-bond acceptors (Lipinski definition) is 3. The molecule has 1 aromatic rings. The first-order valence-electron chi connectivity index (χ1n) is 6.00. The highest BCUT2D eigenvalue weighted by Crippen LogP contribution is 2.10. The second-order valence-corrected chi connectivity index (χ2v) is 4.15. The molecule has 0 spiro atoms. The van der Waals surface area contributed by atoms with Crippen molar-refractivity contribution in [2.45, 2.75) is 25.4 Å². The highest BCUT2D eigenvalue weighted by Gasteiger charge is 2.20. The van der Waals surface area contributed by atoms with Gasteiger partial charge in [0.15, 0.2) is 0 Å². The number of carboxylic acids is 1. The van der Waals surface area contributed by atoms with Gasteiger partial charge in [0, 0.05) is 13.0 Å². The summed E-state index contributed by atoms with van der Waals surface area (Å²) in [5.74, 6) is -1.17. The summed E-state index contributed by atoms with van der Waals surface area (Å²) >= 11 is 0. The van der Waals surface area contributed by atoms with Crippen LogP contribution in [0.15, 0.2) is 30.3 Å². The van der Waals surface area contributed by atoms with E-state index in [0.29, 0.717) is 0 Å². The molecule has 1 rings (SSSR count). The molecule has 0 aliphatic rings. The maximum absolute atomic E-state index is 11.6. The first-order chi connectivity index (χ1) is 9.04. The van der Waals surface area contributed by atoms with Gasteiger partial charge < -0.3 is 20.8 Å². The minimum Gasteiger partial charge on any atom is -0.480 e. The number of aliphatic hydroxyl groups excluding tert-OH is 1. The average Bonchev–Trinajstić information content (AvgIpc) is 2.39. The molecule has 0 bridgehead atoms. The van der Waals surface area contributed by atoms with Crippen LogP contribution in [-0.4, -0.2) is 34.9 Å². The van der Waals surface area contributed by atoms with E-state index in [4.69, 9.17) is 10.2 Å². The van der Waals surface area contributed by atoms with Crippen molar-refractivity contribution in [1.29, 1.82) is 0 Å². The van der Waals surface area contributed by atoms with Gasteiger partial charge in [-0.05, 0) is 12.5 Å². The summed E-state index contributed by atoms with van der Waals surface area (Å²) in [7, 11) is 0. The van der Waals surface area contributed by atoms with Crippen LogP contribution < -0.4 is 10.6 Å². The van der Waals surface area contributed by atoms with E-state index in [1.54, 1.807) is 6.92 Å². The fraction of sp³-hybridized carbons (Fsp3) is 0.385. The molecule has 1 unspecified atom stereocenters. The lowest BCUT2D eigenvalue weighted by molar-refractivity contribution is -0.139. The average molecular weight is 266 g/mol. The van der Waals surface area contributed by atoms with Gasteiger partial charge in [-0.25, -0.2) is 9.59 Å². The highest BCUT2D eigenvalue weighted by atomic mass is 16.4. The van der Waals surface area contributed by atoms with Gasteiger partial charge in [0.2, 0.25) is 0 Å². The summed E-state index contributed by atoms with van der Waals surface area (Å²) in [6, 6.07) is 7.43. The maximum atomic E-state index is 11.6. The minimum atomic E-state index is -1.17. The van der Waals surface area contributed by atoms with Crippen LogP contribution in [0.2, 0.25) is 0 Å². The number of amides is 2. The predicted octanol–water partition coefficient (Wildman–Crippen LogP) is 0.882. The third-order valence-corrected chi connectivity index (χ3v) is 2.67. The number of hydrogen-bond donors (Lipinski definition) is 4. The van der Waals surface area contributed by atoms with Gasteiger partial charge in [-0.2, -0.15) is 0 Å². The van der Waals surface area contributed by atoms with Crippen molar-refractivity contribution in [2.24, 2.45) is 0 Å². The number of carboxylic acid groups (broad SMARTS) is 1. The van der Waals surface area contributed by atoms with Crippen molar-refractivity contribution < 1.29 is 19.8 Å². The number of aliphatic hydroxyl groups is 1. The summed E-state index contributed by atoms with van der Waals surface area (Å²) < 4.78 is 0. The number of nitrogens with one attached hydrogen (secondary N) is 2. The molecule has 6 nitrogen and oxygen atoms in total. The highest BCUT2D eigenvalue weighted by molar-refractivity contribution is 5.82. The molecule has 2 amide bonds. The van der Waals surface area contributed by atoms with Crippen molar-refractivity contribution in [3.63, 3.8) is 0 Å². The van der Waals surface area contributed by atoms with Gasteiger partial charge in [0.25, 0.3) is 0 Å². The van der Waals surface area contributed by atoms with Crippen LogP contribution >= 0.6 is 0 Å². The second kappa shape index (κ2) is 7.38. The van der Waals surface area contributed by atoms with E-state index >= 15 is 0 Å². The largest absolute Gasteiger partial charge is 0.480 e. The Morgan fingerprint density at radius 3 is 2.37 bits per heavy atom. The van der Waals surface area contributed by atoms with Crippen LogP contribution in [0, 0.1) is 0 Å². The number of carbonyl (C=O) groups is 2. The SMILES string of the molecule is CC(NC(=O)N[C@H](CCO)C(=O)O)c1ccccc1. The number of urea groups is 1. The van der Waals surface area contributed by atoms with Gasteiger partial charge in [-0.15, -0.1) is 0 Å². The van der Waals surface area contributed by atoms with Crippen LogP contribution in [0.3, 0.4) is 0 Å². The summed E-state index contributed by atoms with van der Waals surface area (Å²) in [4.78, 5) is 22.5. The zero-order chi connectivity index (χ0) is 14.3. The molecule has 0 fully saturated rings. The number of benzene rings is 1. The van der Waals surface area contributed by atoms with Crippen molar-refractivity contribution in [1.82, 2.24) is 10.6 Å². The Kier molecular flexibility index (Phi) is 5.81. The lowest BCUT2D eigenvalue weighted by Crippen LogP contribution is -2.47. The molecule has 0 aliphatic heterocycles. The third-order valence-electron chi connectivity index (χ3n) is 2.67. The van der Waals surface area contributed by atoms with Crippen LogP contribution in [0.25, 0.3) is 0 Å². The van der Waals surface area contributed by atoms with E-state index in [0.717, 1.165) is 5.56 Å². The Hall–Kier alpha value is -2.08. The lowest BCUT2D eigenvalue weighted by Gasteiger charge is -2.18. The van der Waals surface area contributed by atoms with Gasteiger partial charge >= 0.3 is 12.0 Å². The number of rotatable bonds is 6. The van der Waals surface area contributed by atoms with Gasteiger partial charge in [-0.3, -0.25) is 0 Å². The Bertz CT molecular complexity index is 422. The third kappa shape index (κ3) is 4.97. The summed E-state index contributed by atoms with van der Waals surface area (Å²) in [5, 5.41) is 22.5. The normalized spacial score (nSPS) is 13.4. The topological polar surface area (TPSA) is 98.7 Å². The molecule has 0 saturated heterocycles. The molecule has 0 heterocycles. The fourth-order valence-electron chi connectivity index (χ4n) is 1.61. The molecule has 0 aliphatic carbocycles. The van der Waals surface area contributed by atoms with Crippen LogP contribution in [0.1, 0.15) is 24.9 Å². The molecule has 19 heavy (non-hydrogen) atoms. The zero-order valence-corrected chi connectivity index (χ0v) is 10.7. The molecule has 4 N–H and O–H groups in total. The molecule has 2 atom stereocenters. The first-order valence-corrected chi connectivity index (χ1v) is 6.00. The molecule has 104 valence electrons. The maximum Gasteiger partial charge on any atom is 0.326 e. The molecule has 0 saturated carbocycles. The van der Waals surface area contributed by atoms with Crippen LogP contribution in [0.4, 0.5) is 4.79 Å². The lowest BCUT2D eigenvalue weighted by atomic mass is 10.1. The Morgan fingerprint density at radius 1 is 1.21 bits per heavy atom. The van der Waals surface area contributed by atoms with Crippen molar-refractivity contribution in [3.05, 3.63) is 35.9 Å². The summed E-state index contributed by atoms with van der Waals surface area (Å²) in [6.45, 7) is 1.50. The first kappa shape index (κ1) is 15.0. The van der Waals surface area contributed by atoms with E-state index in [1.807, 2.05) is 30.3 Å². The van der Waals surface area contributed by atoms with E-state index < -0.39 is 18.0 Å². The quantitative estimate of drug-likeness (QED) is 0.614. The zero-order valence-electron chi connectivity index (χ0n) is 10.7.